The molecule has 2 aromatic carbocycles. The Morgan fingerprint density at radius 2 is 2.00 bits per heavy atom. The second-order valence-electron chi connectivity index (χ2n) is 5.96. The summed E-state index contributed by atoms with van der Waals surface area (Å²) >= 11 is 3.32. The van der Waals surface area contributed by atoms with Gasteiger partial charge in [0.25, 0.3) is 11.6 Å². The van der Waals surface area contributed by atoms with E-state index in [1.807, 2.05) is 0 Å². The normalized spacial score (nSPS) is 11.0. The Balaban J connectivity index is 1.69. The van der Waals surface area contributed by atoms with Gasteiger partial charge in [-0.15, -0.1) is 0 Å². The predicted octanol–water partition coefficient (Wildman–Crippen LogP) is 4.33. The number of carbonyl (C=O) groups is 2. The summed E-state index contributed by atoms with van der Waals surface area (Å²) < 4.78 is 11.1. The lowest BCUT2D eigenvalue weighted by Crippen LogP contribution is -2.17. The van der Waals surface area contributed by atoms with Crippen molar-refractivity contribution < 1.29 is 23.7 Å². The van der Waals surface area contributed by atoms with Crippen molar-refractivity contribution in [1.82, 2.24) is 5.43 Å². The van der Waals surface area contributed by atoms with Gasteiger partial charge >= 0.3 is 5.97 Å². The minimum atomic E-state index is -0.631. The van der Waals surface area contributed by atoms with E-state index in [-0.39, 0.29) is 17.0 Å². The van der Waals surface area contributed by atoms with Crippen LogP contribution in [-0.4, -0.2) is 23.0 Å². The summed E-state index contributed by atoms with van der Waals surface area (Å²) in [6, 6.07) is 13.5. The van der Waals surface area contributed by atoms with Gasteiger partial charge in [-0.25, -0.2) is 10.2 Å². The summed E-state index contributed by atoms with van der Waals surface area (Å²) in [6.45, 7) is 0. The van der Waals surface area contributed by atoms with Gasteiger partial charge in [0.2, 0.25) is 0 Å². The fraction of sp³-hybridized carbons (Fsp3) is 0. The number of rotatable bonds is 7. The maximum Gasteiger partial charge on any atom is 0.336 e. The van der Waals surface area contributed by atoms with E-state index in [0.717, 1.165) is 6.07 Å². The van der Waals surface area contributed by atoms with Crippen LogP contribution in [0.15, 0.2) is 80.9 Å². The first-order valence-electron chi connectivity index (χ1n) is 8.73. The number of nitro groups is 1. The number of nitrogens with one attached hydrogen (secondary N) is 1. The van der Waals surface area contributed by atoms with Gasteiger partial charge in [-0.2, -0.15) is 5.10 Å². The maximum atomic E-state index is 12.2. The molecule has 31 heavy (non-hydrogen) atoms. The third-order valence-corrected chi connectivity index (χ3v) is 4.29. The fourth-order valence-corrected chi connectivity index (χ4v) is 2.76. The molecule has 0 saturated carbocycles. The van der Waals surface area contributed by atoms with E-state index in [2.05, 4.69) is 26.5 Å². The van der Waals surface area contributed by atoms with Crippen LogP contribution in [0.4, 0.5) is 5.69 Å². The average Bonchev–Trinajstić information content (AvgIpc) is 3.28. The van der Waals surface area contributed by atoms with Crippen molar-refractivity contribution in [3.05, 3.63) is 98.4 Å². The van der Waals surface area contributed by atoms with Gasteiger partial charge in [-0.1, -0.05) is 22.0 Å². The van der Waals surface area contributed by atoms with Crippen molar-refractivity contribution in [3.63, 3.8) is 0 Å². The van der Waals surface area contributed by atoms with Crippen LogP contribution in [0.5, 0.6) is 5.75 Å². The number of non-ortho nitro benzene ring substituents is 1. The quantitative estimate of drug-likeness (QED) is 0.133. The topological polar surface area (TPSA) is 124 Å². The van der Waals surface area contributed by atoms with Crippen LogP contribution < -0.4 is 10.2 Å². The predicted molar refractivity (Wildman–Crippen MR) is 116 cm³/mol. The SMILES string of the molecule is O=C(C=Cc1ccco1)Oc1ccc(Br)cc1C=NNC(=O)c1cccc([N+](=O)[O-])c1. The molecule has 3 rings (SSSR count). The summed E-state index contributed by atoms with van der Waals surface area (Å²) in [6.07, 6.45) is 5.45. The monoisotopic (exact) mass is 483 g/mol. The molecule has 1 aromatic heterocycles. The number of halogens is 1. The zero-order valence-electron chi connectivity index (χ0n) is 15.7. The van der Waals surface area contributed by atoms with Crippen LogP contribution in [0.25, 0.3) is 6.08 Å². The van der Waals surface area contributed by atoms with Crippen molar-refractivity contribution in [2.75, 3.05) is 0 Å². The zero-order chi connectivity index (χ0) is 22.2. The van der Waals surface area contributed by atoms with Crippen LogP contribution in [0.2, 0.25) is 0 Å². The molecule has 0 radical (unpaired) electrons. The molecule has 9 nitrogen and oxygen atoms in total. The molecule has 0 aliphatic heterocycles. The number of nitro benzene ring substituents is 1. The Kier molecular flexibility index (Phi) is 7.07. The number of furan rings is 1. The fourth-order valence-electron chi connectivity index (χ4n) is 2.38. The number of benzene rings is 2. The molecule has 0 aliphatic carbocycles. The van der Waals surface area contributed by atoms with E-state index in [1.165, 1.54) is 42.8 Å². The lowest BCUT2D eigenvalue weighted by Gasteiger charge is -2.06. The standard InChI is InChI=1S/C21H14BrN3O6/c22-16-6-8-19(31-20(26)9-7-18-5-2-10-30-18)15(11-16)13-23-24-21(27)14-3-1-4-17(12-14)25(28)29/h1-13H,(H,24,27). The molecule has 1 heterocycles. The number of esters is 1. The van der Waals surface area contributed by atoms with Crippen molar-refractivity contribution in [3.8, 4) is 5.75 Å². The van der Waals surface area contributed by atoms with Gasteiger partial charge in [0.05, 0.1) is 17.4 Å². The summed E-state index contributed by atoms with van der Waals surface area (Å²) in [5.74, 6) is -0.548. The highest BCUT2D eigenvalue weighted by molar-refractivity contribution is 9.10. The van der Waals surface area contributed by atoms with Crippen molar-refractivity contribution in [1.29, 1.82) is 0 Å². The van der Waals surface area contributed by atoms with Crippen molar-refractivity contribution in [2.45, 2.75) is 0 Å². The number of hydrazone groups is 1. The van der Waals surface area contributed by atoms with Gasteiger partial charge in [-0.3, -0.25) is 14.9 Å². The number of ether oxygens (including phenoxy) is 1. The minimum absolute atomic E-state index is 0.0790. The first-order chi connectivity index (χ1) is 14.9. The van der Waals surface area contributed by atoms with Gasteiger partial charge in [-0.05, 0) is 42.5 Å². The van der Waals surface area contributed by atoms with Crippen LogP contribution in [-0.2, 0) is 4.79 Å². The summed E-state index contributed by atoms with van der Waals surface area (Å²) in [7, 11) is 0. The first kappa shape index (κ1) is 21.7. The van der Waals surface area contributed by atoms with Gasteiger partial charge in [0.1, 0.15) is 11.5 Å². The number of carbonyl (C=O) groups excluding carboxylic acids is 2. The second-order valence-corrected chi connectivity index (χ2v) is 6.87. The Hall–Kier alpha value is -4.05. The maximum absolute atomic E-state index is 12.2. The second kappa shape index (κ2) is 10.1. The van der Waals surface area contributed by atoms with Crippen LogP contribution in [0, 0.1) is 10.1 Å². The number of nitrogens with zero attached hydrogens (tertiary/aromatic N) is 2. The third kappa shape index (κ3) is 6.21. The number of amides is 1. The van der Waals surface area contributed by atoms with E-state index in [4.69, 9.17) is 9.15 Å². The smallest absolute Gasteiger partial charge is 0.336 e. The van der Waals surface area contributed by atoms with E-state index >= 15 is 0 Å². The Morgan fingerprint density at radius 3 is 2.74 bits per heavy atom. The van der Waals surface area contributed by atoms with Crippen molar-refractivity contribution >= 4 is 45.8 Å². The molecule has 0 fully saturated rings. The summed E-state index contributed by atoms with van der Waals surface area (Å²) in [5.41, 5.74) is 2.56. The van der Waals surface area contributed by atoms with Crippen LogP contribution in [0.3, 0.4) is 0 Å². The van der Waals surface area contributed by atoms with E-state index < -0.39 is 16.8 Å². The highest BCUT2D eigenvalue weighted by Gasteiger charge is 2.11. The molecule has 10 heteroatoms. The van der Waals surface area contributed by atoms with Crippen molar-refractivity contribution in [2.24, 2.45) is 5.10 Å². The van der Waals surface area contributed by atoms with E-state index in [1.54, 1.807) is 30.3 Å². The molecule has 0 bridgehead atoms. The molecule has 3 aromatic rings. The Morgan fingerprint density at radius 1 is 1.16 bits per heavy atom. The molecule has 0 atom stereocenters. The number of hydrogen-bond acceptors (Lipinski definition) is 7. The summed E-state index contributed by atoms with van der Waals surface area (Å²) in [4.78, 5) is 34.5. The minimum Gasteiger partial charge on any atom is -0.465 e. The molecular weight excluding hydrogens is 470 g/mol. The molecule has 0 saturated heterocycles. The average molecular weight is 484 g/mol. The van der Waals surface area contributed by atoms with Crippen LogP contribution in [0.1, 0.15) is 21.7 Å². The Labute approximate surface area is 184 Å². The van der Waals surface area contributed by atoms with E-state index in [0.29, 0.717) is 15.8 Å². The lowest BCUT2D eigenvalue weighted by molar-refractivity contribution is -0.384. The number of hydrogen-bond donors (Lipinski definition) is 1. The van der Waals surface area contributed by atoms with E-state index in [9.17, 15) is 19.7 Å². The molecule has 156 valence electrons. The highest BCUT2D eigenvalue weighted by Crippen LogP contribution is 2.22. The largest absolute Gasteiger partial charge is 0.465 e. The highest BCUT2D eigenvalue weighted by atomic mass is 79.9. The Bertz CT molecular complexity index is 1170. The molecule has 0 spiro atoms. The lowest BCUT2D eigenvalue weighted by atomic mass is 10.2. The molecule has 1 amide bonds. The summed E-state index contributed by atoms with van der Waals surface area (Å²) in [5, 5.41) is 14.7. The molecule has 0 unspecified atom stereocenters. The molecule has 1 N–H and O–H groups in total. The third-order valence-electron chi connectivity index (χ3n) is 3.80. The van der Waals surface area contributed by atoms with Gasteiger partial charge < -0.3 is 9.15 Å². The first-order valence-corrected chi connectivity index (χ1v) is 9.52. The van der Waals surface area contributed by atoms with Gasteiger partial charge in [0, 0.05) is 33.8 Å². The zero-order valence-corrected chi connectivity index (χ0v) is 17.3. The van der Waals surface area contributed by atoms with Gasteiger partial charge in [0.15, 0.2) is 0 Å². The molecule has 0 aliphatic rings. The molecular formula is C21H14BrN3O6. The van der Waals surface area contributed by atoms with Crippen LogP contribution >= 0.6 is 15.9 Å².